The summed E-state index contributed by atoms with van der Waals surface area (Å²) in [6, 6.07) is 9.04. The van der Waals surface area contributed by atoms with E-state index in [1.54, 1.807) is 13.8 Å². The Morgan fingerprint density at radius 1 is 0.725 bits per heavy atom. The number of hydrogen-bond acceptors (Lipinski definition) is 5. The van der Waals surface area contributed by atoms with Gasteiger partial charge in [0.05, 0.1) is 24.2 Å². The van der Waals surface area contributed by atoms with E-state index in [2.05, 4.69) is 96.9 Å². The molecule has 0 aliphatic heterocycles. The summed E-state index contributed by atoms with van der Waals surface area (Å²) in [6.45, 7) is 29.8. The summed E-state index contributed by atoms with van der Waals surface area (Å²) in [4.78, 5) is 2.43. The lowest BCUT2D eigenvalue weighted by atomic mass is 10.1. The van der Waals surface area contributed by atoms with Gasteiger partial charge in [0.1, 0.15) is 0 Å². The molecular weight excluding hydrogens is 551 g/mol. The topological polar surface area (TPSA) is 55.8 Å². The molecule has 0 N–H and O–H groups in total. The van der Waals surface area contributed by atoms with Crippen molar-refractivity contribution in [3.05, 3.63) is 29.8 Å². The van der Waals surface area contributed by atoms with Crippen LogP contribution in [-0.4, -0.2) is 62.4 Å². The number of nitrogens with zero attached hydrogens (tertiary/aromatic N) is 1. The predicted molar refractivity (Wildman–Crippen MR) is 181 cm³/mol. The molecule has 1 rings (SSSR count). The van der Waals surface area contributed by atoms with Gasteiger partial charge in [-0.2, -0.15) is 0 Å². The Hall–Kier alpha value is -0.676. The number of rotatable bonds is 18. The molecule has 234 valence electrons. The van der Waals surface area contributed by atoms with E-state index in [4.69, 9.17) is 8.85 Å². The summed E-state index contributed by atoms with van der Waals surface area (Å²) < 4.78 is 37.0. The van der Waals surface area contributed by atoms with Crippen molar-refractivity contribution in [1.82, 2.24) is 0 Å². The fourth-order valence-electron chi connectivity index (χ4n) is 3.90. The SMILES string of the molecule is CC(C)S(=O)(=O)CCCCCCCc1ccc(N(CCO[Si](C)(C)C(C)(C)C)CCO[Si](C)(C)C(C)(C)C)cc1. The average Bonchev–Trinajstić information content (AvgIpc) is 2.81. The van der Waals surface area contributed by atoms with Gasteiger partial charge in [-0.05, 0) is 87.1 Å². The second-order valence-corrected chi connectivity index (χ2v) is 27.1. The van der Waals surface area contributed by atoms with Gasteiger partial charge in [-0.3, -0.25) is 0 Å². The van der Waals surface area contributed by atoms with E-state index in [1.165, 1.54) is 11.3 Å². The first-order chi connectivity index (χ1) is 18.2. The molecule has 0 radical (unpaired) electrons. The van der Waals surface area contributed by atoms with Crippen LogP contribution in [-0.2, 0) is 25.1 Å². The van der Waals surface area contributed by atoms with E-state index in [0.717, 1.165) is 64.8 Å². The van der Waals surface area contributed by atoms with Crippen molar-refractivity contribution < 1.29 is 17.3 Å². The van der Waals surface area contributed by atoms with E-state index in [-0.39, 0.29) is 15.3 Å². The summed E-state index contributed by atoms with van der Waals surface area (Å²) in [5.41, 5.74) is 2.59. The van der Waals surface area contributed by atoms with Crippen LogP contribution in [0.15, 0.2) is 24.3 Å². The molecule has 8 heteroatoms. The fourth-order valence-corrected chi connectivity index (χ4v) is 7.04. The summed E-state index contributed by atoms with van der Waals surface area (Å²) >= 11 is 0. The van der Waals surface area contributed by atoms with E-state index < -0.39 is 26.5 Å². The zero-order valence-electron chi connectivity index (χ0n) is 28.2. The second kappa shape index (κ2) is 15.7. The van der Waals surface area contributed by atoms with Crippen LogP contribution in [0.4, 0.5) is 5.69 Å². The largest absolute Gasteiger partial charge is 0.415 e. The van der Waals surface area contributed by atoms with Crippen LogP contribution >= 0.6 is 0 Å². The van der Waals surface area contributed by atoms with Gasteiger partial charge in [0, 0.05) is 18.8 Å². The van der Waals surface area contributed by atoms with Crippen LogP contribution in [0.25, 0.3) is 0 Å². The molecule has 0 aromatic heterocycles. The highest BCUT2D eigenvalue weighted by Crippen LogP contribution is 2.37. The van der Waals surface area contributed by atoms with Gasteiger partial charge in [0.15, 0.2) is 26.5 Å². The van der Waals surface area contributed by atoms with Crippen LogP contribution in [0.5, 0.6) is 0 Å². The molecule has 0 fully saturated rings. The number of unbranched alkanes of at least 4 members (excludes halogenated alkanes) is 4. The molecule has 40 heavy (non-hydrogen) atoms. The van der Waals surface area contributed by atoms with Crippen molar-refractivity contribution in [2.24, 2.45) is 0 Å². The smallest absolute Gasteiger partial charge is 0.192 e. The highest BCUT2D eigenvalue weighted by atomic mass is 32.2. The van der Waals surface area contributed by atoms with Crippen molar-refractivity contribution >= 4 is 32.2 Å². The molecule has 0 spiro atoms. The Bertz CT molecular complexity index is 930. The van der Waals surface area contributed by atoms with Crippen molar-refractivity contribution in [2.45, 2.75) is 135 Å². The van der Waals surface area contributed by atoms with Crippen molar-refractivity contribution in [3.8, 4) is 0 Å². The lowest BCUT2D eigenvalue weighted by molar-refractivity contribution is 0.276. The third kappa shape index (κ3) is 12.7. The van der Waals surface area contributed by atoms with Gasteiger partial charge in [-0.1, -0.05) is 72.9 Å². The Labute approximate surface area is 251 Å². The van der Waals surface area contributed by atoms with Crippen molar-refractivity contribution in [1.29, 1.82) is 0 Å². The number of sulfone groups is 1. The van der Waals surface area contributed by atoms with Crippen molar-refractivity contribution in [3.63, 3.8) is 0 Å². The van der Waals surface area contributed by atoms with Gasteiger partial charge in [-0.25, -0.2) is 8.42 Å². The average molecular weight is 614 g/mol. The van der Waals surface area contributed by atoms with Gasteiger partial charge in [-0.15, -0.1) is 0 Å². The molecule has 0 saturated carbocycles. The van der Waals surface area contributed by atoms with Crippen LogP contribution in [0.2, 0.25) is 36.3 Å². The standard InChI is InChI=1S/C32H63NO4SSi2/c1-28(2)38(34,35)27-17-15-13-14-16-18-29-19-21-30(22-20-29)33(23-25-36-39(9,10)31(3,4)5)24-26-37-40(11,12)32(6,7)8/h19-22,28H,13-18,23-27H2,1-12H3. The van der Waals surface area contributed by atoms with Crippen molar-refractivity contribution in [2.75, 3.05) is 37.0 Å². The maximum Gasteiger partial charge on any atom is 0.192 e. The first-order valence-corrected chi connectivity index (χ1v) is 23.1. The van der Waals surface area contributed by atoms with Gasteiger partial charge in [0.2, 0.25) is 0 Å². The molecule has 0 saturated heterocycles. The van der Waals surface area contributed by atoms with Gasteiger partial charge < -0.3 is 13.8 Å². The molecule has 0 unspecified atom stereocenters. The number of aryl methyl sites for hydroxylation is 1. The van der Waals surface area contributed by atoms with Crippen LogP contribution < -0.4 is 4.90 Å². The Kier molecular flexibility index (Phi) is 14.7. The molecular formula is C32H63NO4SSi2. The molecule has 1 aromatic carbocycles. The molecule has 5 nitrogen and oxygen atoms in total. The monoisotopic (exact) mass is 613 g/mol. The summed E-state index contributed by atoms with van der Waals surface area (Å²) in [5.74, 6) is 0.324. The molecule has 0 aliphatic carbocycles. The lowest BCUT2D eigenvalue weighted by Gasteiger charge is -2.38. The quantitative estimate of drug-likeness (QED) is 0.122. The maximum atomic E-state index is 11.9. The molecule has 1 aromatic rings. The minimum Gasteiger partial charge on any atom is -0.415 e. The molecule has 0 bridgehead atoms. The van der Waals surface area contributed by atoms with E-state index in [0.29, 0.717) is 5.75 Å². The highest BCUT2D eigenvalue weighted by Gasteiger charge is 2.38. The third-order valence-electron chi connectivity index (χ3n) is 9.17. The van der Waals surface area contributed by atoms with Crippen LogP contribution in [0.3, 0.4) is 0 Å². The predicted octanol–water partition coefficient (Wildman–Crippen LogP) is 8.85. The Morgan fingerprint density at radius 2 is 1.15 bits per heavy atom. The second-order valence-electron chi connectivity index (χ2n) is 14.8. The lowest BCUT2D eigenvalue weighted by Crippen LogP contribution is -2.44. The highest BCUT2D eigenvalue weighted by molar-refractivity contribution is 7.91. The maximum absolute atomic E-state index is 11.9. The first-order valence-electron chi connectivity index (χ1n) is 15.5. The summed E-state index contributed by atoms with van der Waals surface area (Å²) in [7, 11) is -6.48. The van der Waals surface area contributed by atoms with E-state index in [9.17, 15) is 8.42 Å². The molecule has 0 amide bonds. The number of anilines is 1. The fraction of sp³-hybridized carbons (Fsp3) is 0.812. The molecule has 0 heterocycles. The molecule has 0 atom stereocenters. The van der Waals surface area contributed by atoms with Gasteiger partial charge in [0.25, 0.3) is 0 Å². The summed E-state index contributed by atoms with van der Waals surface area (Å²) in [6.07, 6.45) is 6.22. The van der Waals surface area contributed by atoms with Gasteiger partial charge >= 0.3 is 0 Å². The third-order valence-corrected chi connectivity index (χ3v) is 20.5. The number of hydrogen-bond donors (Lipinski definition) is 0. The molecule has 0 aliphatic rings. The summed E-state index contributed by atoms with van der Waals surface area (Å²) in [5, 5.41) is 0.147. The minimum atomic E-state index is -2.90. The normalized spacial score (nSPS) is 13.7. The number of benzene rings is 1. The Morgan fingerprint density at radius 3 is 1.57 bits per heavy atom. The van der Waals surface area contributed by atoms with Crippen LogP contribution in [0.1, 0.15) is 93.1 Å². The zero-order chi connectivity index (χ0) is 30.8. The van der Waals surface area contributed by atoms with E-state index in [1.807, 2.05) is 0 Å². The van der Waals surface area contributed by atoms with Crippen LogP contribution in [0, 0.1) is 0 Å². The minimum absolute atomic E-state index is 0.205. The first kappa shape index (κ1) is 37.3. The Balaban J connectivity index is 2.69. The van der Waals surface area contributed by atoms with E-state index >= 15 is 0 Å². The zero-order valence-corrected chi connectivity index (χ0v) is 31.0.